The number of rotatable bonds is 9. The Kier molecular flexibility index (Phi) is 7.00. The van der Waals surface area contributed by atoms with Crippen LogP contribution in [0, 0.1) is 0 Å². The number of hydrazone groups is 1. The van der Waals surface area contributed by atoms with Gasteiger partial charge in [-0.25, -0.2) is 5.43 Å². The number of hydrogen-bond acceptors (Lipinski definition) is 6. The summed E-state index contributed by atoms with van der Waals surface area (Å²) in [5.74, 6) is 1.53. The molecule has 1 amide bonds. The highest BCUT2D eigenvalue weighted by molar-refractivity contribution is 5.92. The second-order valence-corrected chi connectivity index (χ2v) is 6.27. The Labute approximate surface area is 169 Å². The smallest absolute Gasteiger partial charge is 0.307 e. The first-order valence-electron chi connectivity index (χ1n) is 9.31. The third-order valence-corrected chi connectivity index (χ3v) is 4.11. The number of pyridine rings is 1. The van der Waals surface area contributed by atoms with E-state index in [9.17, 15) is 4.79 Å². The molecule has 3 rings (SSSR count). The van der Waals surface area contributed by atoms with E-state index in [0.29, 0.717) is 17.3 Å². The molecule has 0 spiro atoms. The molecule has 2 heterocycles. The van der Waals surface area contributed by atoms with Crippen LogP contribution in [0.5, 0.6) is 11.5 Å². The minimum Gasteiger partial charge on any atom is -0.493 e. The van der Waals surface area contributed by atoms with Crippen LogP contribution in [0.25, 0.3) is 0 Å². The molecule has 0 bridgehead atoms. The molecule has 150 valence electrons. The van der Waals surface area contributed by atoms with Crippen LogP contribution >= 0.6 is 0 Å². The molecule has 0 aliphatic carbocycles. The van der Waals surface area contributed by atoms with Crippen LogP contribution in [-0.4, -0.2) is 24.2 Å². The van der Waals surface area contributed by atoms with Gasteiger partial charge in [0, 0.05) is 12.4 Å². The van der Waals surface area contributed by atoms with Gasteiger partial charge in [0.25, 0.3) is 0 Å². The van der Waals surface area contributed by atoms with E-state index in [0.717, 1.165) is 18.4 Å². The standard InChI is InChI=1S/C22H23N3O4/c1-3-4-16-5-7-19(21(13-16)27-2)28-15-18-6-8-20(29-18)22(26)25-24-14-17-9-11-23-12-10-17/h5-14H,3-4,15H2,1-2H3,(H,25,26)/b24-14+. The van der Waals surface area contributed by atoms with Crippen molar-refractivity contribution in [3.63, 3.8) is 0 Å². The van der Waals surface area contributed by atoms with Gasteiger partial charge >= 0.3 is 5.91 Å². The number of nitrogens with zero attached hydrogens (tertiary/aromatic N) is 2. The van der Waals surface area contributed by atoms with E-state index < -0.39 is 5.91 Å². The van der Waals surface area contributed by atoms with E-state index in [1.807, 2.05) is 18.2 Å². The van der Waals surface area contributed by atoms with Gasteiger partial charge in [-0.1, -0.05) is 19.4 Å². The zero-order valence-electron chi connectivity index (χ0n) is 16.4. The average Bonchev–Trinajstić information content (AvgIpc) is 3.23. The summed E-state index contributed by atoms with van der Waals surface area (Å²) in [6.07, 6.45) is 6.87. The van der Waals surface area contributed by atoms with Crippen molar-refractivity contribution in [2.24, 2.45) is 5.10 Å². The zero-order valence-corrected chi connectivity index (χ0v) is 16.4. The molecular weight excluding hydrogens is 370 g/mol. The monoisotopic (exact) mass is 393 g/mol. The van der Waals surface area contributed by atoms with Crippen LogP contribution in [0.15, 0.2) is 64.4 Å². The molecule has 0 unspecified atom stereocenters. The Hall–Kier alpha value is -3.61. The van der Waals surface area contributed by atoms with Crippen molar-refractivity contribution >= 4 is 12.1 Å². The Bertz CT molecular complexity index is 967. The van der Waals surface area contributed by atoms with Crippen molar-refractivity contribution in [1.82, 2.24) is 10.4 Å². The summed E-state index contributed by atoms with van der Waals surface area (Å²) in [6.45, 7) is 2.31. The average molecular weight is 393 g/mol. The highest BCUT2D eigenvalue weighted by Gasteiger charge is 2.12. The summed E-state index contributed by atoms with van der Waals surface area (Å²) in [6, 6.07) is 12.7. The van der Waals surface area contributed by atoms with Crippen molar-refractivity contribution in [3.8, 4) is 11.5 Å². The number of benzene rings is 1. The number of nitrogens with one attached hydrogen (secondary N) is 1. The summed E-state index contributed by atoms with van der Waals surface area (Å²) in [7, 11) is 1.61. The first kappa shape index (κ1) is 20.1. The fourth-order valence-corrected chi connectivity index (χ4v) is 2.67. The van der Waals surface area contributed by atoms with Gasteiger partial charge in [0.1, 0.15) is 12.4 Å². The van der Waals surface area contributed by atoms with Crippen LogP contribution in [0.2, 0.25) is 0 Å². The van der Waals surface area contributed by atoms with Crippen molar-refractivity contribution in [2.75, 3.05) is 7.11 Å². The zero-order chi connectivity index (χ0) is 20.5. The molecule has 0 atom stereocenters. The second-order valence-electron chi connectivity index (χ2n) is 6.27. The summed E-state index contributed by atoms with van der Waals surface area (Å²) >= 11 is 0. The Morgan fingerprint density at radius 3 is 2.76 bits per heavy atom. The topological polar surface area (TPSA) is 86.0 Å². The Balaban J connectivity index is 1.56. The van der Waals surface area contributed by atoms with Gasteiger partial charge in [-0.15, -0.1) is 0 Å². The third kappa shape index (κ3) is 5.68. The molecular formula is C22H23N3O4. The first-order valence-corrected chi connectivity index (χ1v) is 9.31. The molecule has 0 aliphatic rings. The molecule has 1 N–H and O–H groups in total. The maximum Gasteiger partial charge on any atom is 0.307 e. The summed E-state index contributed by atoms with van der Waals surface area (Å²) in [5.41, 5.74) is 4.45. The second kappa shape index (κ2) is 10.1. The minimum absolute atomic E-state index is 0.153. The SMILES string of the molecule is CCCc1ccc(OCc2ccc(C(=O)N/N=C/c3ccncc3)o2)c(OC)c1. The lowest BCUT2D eigenvalue weighted by Crippen LogP contribution is -2.16. The molecule has 1 aromatic carbocycles. The van der Waals surface area contributed by atoms with E-state index >= 15 is 0 Å². The molecule has 0 saturated heterocycles. The van der Waals surface area contributed by atoms with Crippen LogP contribution in [0.3, 0.4) is 0 Å². The van der Waals surface area contributed by atoms with Gasteiger partial charge in [-0.2, -0.15) is 5.10 Å². The number of aryl methyl sites for hydroxylation is 1. The highest BCUT2D eigenvalue weighted by atomic mass is 16.5. The van der Waals surface area contributed by atoms with Crippen molar-refractivity contribution in [2.45, 2.75) is 26.4 Å². The van der Waals surface area contributed by atoms with E-state index in [4.69, 9.17) is 13.9 Å². The lowest BCUT2D eigenvalue weighted by atomic mass is 10.1. The van der Waals surface area contributed by atoms with E-state index in [1.54, 1.807) is 43.8 Å². The number of hydrogen-bond donors (Lipinski definition) is 1. The van der Waals surface area contributed by atoms with Gasteiger partial charge in [0.2, 0.25) is 0 Å². The van der Waals surface area contributed by atoms with Gasteiger partial charge in [0.15, 0.2) is 17.3 Å². The number of carbonyl (C=O) groups excluding carboxylic acids is 1. The Morgan fingerprint density at radius 1 is 1.17 bits per heavy atom. The van der Waals surface area contributed by atoms with Crippen LogP contribution < -0.4 is 14.9 Å². The van der Waals surface area contributed by atoms with Crippen molar-refractivity contribution in [1.29, 1.82) is 0 Å². The predicted octanol–water partition coefficient (Wildman–Crippen LogP) is 3.98. The highest BCUT2D eigenvalue weighted by Crippen LogP contribution is 2.29. The number of furan rings is 1. The molecule has 0 fully saturated rings. The van der Waals surface area contributed by atoms with E-state index in [1.165, 1.54) is 11.8 Å². The third-order valence-electron chi connectivity index (χ3n) is 4.11. The normalized spacial score (nSPS) is 10.8. The van der Waals surface area contributed by atoms with Crippen LogP contribution in [0.4, 0.5) is 0 Å². The molecule has 0 radical (unpaired) electrons. The minimum atomic E-state index is -0.442. The fourth-order valence-electron chi connectivity index (χ4n) is 2.67. The summed E-state index contributed by atoms with van der Waals surface area (Å²) in [4.78, 5) is 16.0. The quantitative estimate of drug-likeness (QED) is 0.439. The number of ether oxygens (including phenoxy) is 2. The lowest BCUT2D eigenvalue weighted by molar-refractivity contribution is 0.0923. The summed E-state index contributed by atoms with van der Waals surface area (Å²) in [5, 5.41) is 3.91. The molecule has 3 aromatic rings. The maximum atomic E-state index is 12.1. The predicted molar refractivity (Wildman–Crippen MR) is 109 cm³/mol. The van der Waals surface area contributed by atoms with Crippen LogP contribution in [-0.2, 0) is 13.0 Å². The molecule has 29 heavy (non-hydrogen) atoms. The first-order chi connectivity index (χ1) is 14.2. The maximum absolute atomic E-state index is 12.1. The number of aromatic nitrogens is 1. The number of amides is 1. The molecule has 7 heteroatoms. The largest absolute Gasteiger partial charge is 0.493 e. The van der Waals surface area contributed by atoms with Crippen LogP contribution in [0.1, 0.15) is 40.8 Å². The molecule has 7 nitrogen and oxygen atoms in total. The van der Waals surface area contributed by atoms with Gasteiger partial charge in [-0.3, -0.25) is 9.78 Å². The van der Waals surface area contributed by atoms with Crippen molar-refractivity contribution in [3.05, 3.63) is 77.5 Å². The molecule has 0 saturated carbocycles. The van der Waals surface area contributed by atoms with Gasteiger partial charge in [-0.05, 0) is 53.9 Å². The Morgan fingerprint density at radius 2 is 2.00 bits per heavy atom. The van der Waals surface area contributed by atoms with E-state index in [-0.39, 0.29) is 12.4 Å². The van der Waals surface area contributed by atoms with Gasteiger partial charge < -0.3 is 13.9 Å². The number of methoxy groups -OCH3 is 1. The van der Waals surface area contributed by atoms with Crippen molar-refractivity contribution < 1.29 is 18.7 Å². The number of carbonyl (C=O) groups is 1. The summed E-state index contributed by atoms with van der Waals surface area (Å²) < 4.78 is 16.7. The van der Waals surface area contributed by atoms with Gasteiger partial charge in [0.05, 0.1) is 13.3 Å². The lowest BCUT2D eigenvalue weighted by Gasteiger charge is -2.11. The van der Waals surface area contributed by atoms with E-state index in [2.05, 4.69) is 22.4 Å². The molecule has 0 aliphatic heterocycles. The molecule has 2 aromatic heterocycles. The fraction of sp³-hybridized carbons (Fsp3) is 0.227.